The first-order valence-electron chi connectivity index (χ1n) is 11.8. The van der Waals surface area contributed by atoms with Crippen molar-refractivity contribution in [1.82, 2.24) is 30.2 Å². The van der Waals surface area contributed by atoms with E-state index in [1.807, 2.05) is 0 Å². The summed E-state index contributed by atoms with van der Waals surface area (Å²) in [4.78, 5) is 39.4. The molecule has 12 heteroatoms. The Kier molecular flexibility index (Phi) is 6.35. The van der Waals surface area contributed by atoms with Crippen LogP contribution in [0.1, 0.15) is 36.2 Å². The fraction of sp³-hybridized carbons (Fsp3) is 0.417. The van der Waals surface area contributed by atoms with E-state index in [1.54, 1.807) is 36.7 Å². The highest BCUT2D eigenvalue weighted by molar-refractivity contribution is 6.05. The number of halogens is 1. The lowest BCUT2D eigenvalue weighted by Gasteiger charge is -2.26. The van der Waals surface area contributed by atoms with Crippen LogP contribution >= 0.6 is 0 Å². The van der Waals surface area contributed by atoms with Crippen LogP contribution in [0.15, 0.2) is 36.7 Å². The molecular weight excluding hydrogens is 469 g/mol. The molecule has 188 valence electrons. The molecular formula is C24H26FN7O4. The maximum absolute atomic E-state index is 14.3. The van der Waals surface area contributed by atoms with Crippen molar-refractivity contribution in [2.75, 3.05) is 6.54 Å². The van der Waals surface area contributed by atoms with Crippen molar-refractivity contribution >= 4 is 28.6 Å². The number of hydrogen-bond donors (Lipinski definition) is 3. The van der Waals surface area contributed by atoms with Crippen LogP contribution in [0.2, 0.25) is 0 Å². The number of nitrogens with zero attached hydrogens (tertiary/aromatic N) is 5. The van der Waals surface area contributed by atoms with Gasteiger partial charge >= 0.3 is 0 Å². The van der Waals surface area contributed by atoms with E-state index in [0.717, 1.165) is 17.5 Å². The maximum Gasteiger partial charge on any atom is 0.269 e. The lowest BCUT2D eigenvalue weighted by molar-refractivity contribution is -0.139. The van der Waals surface area contributed by atoms with Crippen molar-refractivity contribution in [2.24, 2.45) is 5.73 Å². The van der Waals surface area contributed by atoms with Crippen molar-refractivity contribution in [1.29, 1.82) is 0 Å². The molecule has 0 spiro atoms. The maximum atomic E-state index is 14.3. The lowest BCUT2D eigenvalue weighted by Crippen LogP contribution is -2.51. The van der Waals surface area contributed by atoms with Gasteiger partial charge in [0.2, 0.25) is 11.8 Å². The van der Waals surface area contributed by atoms with Gasteiger partial charge in [-0.05, 0) is 43.0 Å². The number of nitrogens with one attached hydrogen (secondary N) is 1. The number of amides is 3. The number of hydrogen-bond acceptors (Lipinski definition) is 7. The molecule has 3 amide bonds. The number of primary amides is 1. The number of rotatable bonds is 6. The Hall–Kier alpha value is -3.93. The number of aliphatic hydroxyl groups is 1. The SMILES string of the molecule is NC(=O)c1nn(CC(=O)N2C[C@H](F)C[C@H]2C(=O)N[C@@H]2CCC[C@H]2O)c2ccc(-c3ccnnc3)cc12. The molecule has 1 aromatic carbocycles. The summed E-state index contributed by atoms with van der Waals surface area (Å²) in [6.45, 7) is -0.520. The summed E-state index contributed by atoms with van der Waals surface area (Å²) < 4.78 is 15.7. The van der Waals surface area contributed by atoms with E-state index < -0.39 is 42.1 Å². The highest BCUT2D eigenvalue weighted by Crippen LogP contribution is 2.28. The largest absolute Gasteiger partial charge is 0.391 e. The summed E-state index contributed by atoms with van der Waals surface area (Å²) in [6.07, 6.45) is 3.05. The van der Waals surface area contributed by atoms with Crippen LogP contribution in [0, 0.1) is 0 Å². The average molecular weight is 496 g/mol. The third-order valence-electron chi connectivity index (χ3n) is 6.87. The fourth-order valence-electron chi connectivity index (χ4n) is 5.04. The van der Waals surface area contributed by atoms with Gasteiger partial charge < -0.3 is 21.1 Å². The molecule has 5 rings (SSSR count). The first-order chi connectivity index (χ1) is 17.3. The Morgan fingerprint density at radius 2 is 2.00 bits per heavy atom. The summed E-state index contributed by atoms with van der Waals surface area (Å²) in [5.74, 6) is -1.74. The number of aromatic nitrogens is 4. The predicted molar refractivity (Wildman–Crippen MR) is 126 cm³/mol. The van der Waals surface area contributed by atoms with Gasteiger partial charge in [0, 0.05) is 17.4 Å². The number of benzene rings is 1. The molecule has 0 radical (unpaired) electrons. The van der Waals surface area contributed by atoms with Gasteiger partial charge in [-0.1, -0.05) is 6.07 Å². The molecule has 2 aliphatic rings. The standard InChI is InChI=1S/C24H26FN7O4/c25-15-9-19(24(36)29-17-2-1-3-20(17)33)31(11-15)21(34)12-32-18-5-4-13(14-6-7-27-28-10-14)8-16(18)22(30-32)23(26)35/h4-8,10,15,17,19-20,33H,1-3,9,11-12H2,(H2,26,35)(H,29,36)/t15-,17-,19+,20-/m1/s1. The number of nitrogens with two attached hydrogens (primary N) is 1. The van der Waals surface area contributed by atoms with E-state index in [0.29, 0.717) is 23.7 Å². The third-order valence-corrected chi connectivity index (χ3v) is 6.87. The molecule has 2 fully saturated rings. The Labute approximate surface area is 205 Å². The van der Waals surface area contributed by atoms with Crippen LogP contribution in [0.3, 0.4) is 0 Å². The van der Waals surface area contributed by atoms with E-state index in [4.69, 9.17) is 5.73 Å². The number of aliphatic hydroxyl groups excluding tert-OH is 1. The van der Waals surface area contributed by atoms with Crippen LogP contribution in [-0.4, -0.2) is 78.6 Å². The molecule has 2 aromatic heterocycles. The Morgan fingerprint density at radius 3 is 2.69 bits per heavy atom. The molecule has 4 atom stereocenters. The normalized spacial score (nSPS) is 23.8. The number of likely N-dealkylation sites (tertiary alicyclic amines) is 1. The zero-order chi connectivity index (χ0) is 25.4. The summed E-state index contributed by atoms with van der Waals surface area (Å²) >= 11 is 0. The van der Waals surface area contributed by atoms with Gasteiger partial charge in [0.1, 0.15) is 18.8 Å². The molecule has 1 aliphatic heterocycles. The second kappa shape index (κ2) is 9.61. The van der Waals surface area contributed by atoms with Crippen molar-refractivity contribution in [3.05, 3.63) is 42.4 Å². The fourth-order valence-corrected chi connectivity index (χ4v) is 5.04. The number of carbonyl (C=O) groups is 3. The minimum absolute atomic E-state index is 0.00373. The highest BCUT2D eigenvalue weighted by atomic mass is 19.1. The van der Waals surface area contributed by atoms with Gasteiger partial charge in [0.15, 0.2) is 5.69 Å². The zero-order valence-electron chi connectivity index (χ0n) is 19.4. The molecule has 1 saturated heterocycles. The molecule has 36 heavy (non-hydrogen) atoms. The van der Waals surface area contributed by atoms with Crippen molar-refractivity contribution in [3.8, 4) is 11.1 Å². The van der Waals surface area contributed by atoms with Gasteiger partial charge in [0.25, 0.3) is 5.91 Å². The van der Waals surface area contributed by atoms with Crippen LogP contribution < -0.4 is 11.1 Å². The Bertz CT molecular complexity index is 1310. The minimum Gasteiger partial charge on any atom is -0.391 e. The van der Waals surface area contributed by atoms with E-state index >= 15 is 0 Å². The van der Waals surface area contributed by atoms with Crippen molar-refractivity contribution in [2.45, 2.75) is 56.6 Å². The first kappa shape index (κ1) is 23.8. The van der Waals surface area contributed by atoms with Crippen LogP contribution in [0.5, 0.6) is 0 Å². The van der Waals surface area contributed by atoms with Gasteiger partial charge in [-0.3, -0.25) is 19.1 Å². The summed E-state index contributed by atoms with van der Waals surface area (Å²) in [6, 6.07) is 5.63. The molecule has 0 unspecified atom stereocenters. The number of carbonyl (C=O) groups excluding carboxylic acids is 3. The lowest BCUT2D eigenvalue weighted by atomic mass is 10.0. The van der Waals surface area contributed by atoms with Crippen molar-refractivity contribution in [3.63, 3.8) is 0 Å². The average Bonchev–Trinajstić information content (AvgIpc) is 3.56. The van der Waals surface area contributed by atoms with Gasteiger partial charge in [-0.15, -0.1) is 0 Å². The quantitative estimate of drug-likeness (QED) is 0.451. The zero-order valence-corrected chi connectivity index (χ0v) is 19.4. The minimum atomic E-state index is -1.34. The summed E-state index contributed by atoms with van der Waals surface area (Å²) in [7, 11) is 0. The predicted octanol–water partition coefficient (Wildman–Crippen LogP) is 0.561. The summed E-state index contributed by atoms with van der Waals surface area (Å²) in [5, 5.41) is 25.1. The molecule has 3 heterocycles. The molecule has 1 aliphatic carbocycles. The first-order valence-corrected chi connectivity index (χ1v) is 11.8. The van der Waals surface area contributed by atoms with Crippen molar-refractivity contribution < 1.29 is 23.9 Å². The highest BCUT2D eigenvalue weighted by Gasteiger charge is 2.41. The molecule has 3 aromatic rings. The van der Waals surface area contributed by atoms with E-state index in [1.165, 1.54) is 9.58 Å². The van der Waals surface area contributed by atoms with Crippen LogP contribution in [0.25, 0.3) is 22.0 Å². The van der Waals surface area contributed by atoms with E-state index in [2.05, 4.69) is 20.6 Å². The molecule has 4 N–H and O–H groups in total. The molecule has 11 nitrogen and oxygen atoms in total. The van der Waals surface area contributed by atoms with E-state index in [-0.39, 0.29) is 25.2 Å². The third kappa shape index (κ3) is 4.51. The topological polar surface area (TPSA) is 156 Å². The van der Waals surface area contributed by atoms with Gasteiger partial charge in [0.05, 0.1) is 36.6 Å². The number of fused-ring (bicyclic) bond motifs is 1. The summed E-state index contributed by atoms with van der Waals surface area (Å²) in [5.41, 5.74) is 7.58. The molecule has 1 saturated carbocycles. The second-order valence-corrected chi connectivity index (χ2v) is 9.24. The Balaban J connectivity index is 1.39. The monoisotopic (exact) mass is 495 g/mol. The Morgan fingerprint density at radius 1 is 1.17 bits per heavy atom. The van der Waals surface area contributed by atoms with Crippen LogP contribution in [0.4, 0.5) is 4.39 Å². The second-order valence-electron chi connectivity index (χ2n) is 9.24. The number of alkyl halides is 1. The van der Waals surface area contributed by atoms with Gasteiger partial charge in [-0.25, -0.2) is 4.39 Å². The van der Waals surface area contributed by atoms with E-state index in [9.17, 15) is 23.9 Å². The smallest absolute Gasteiger partial charge is 0.269 e. The molecule has 0 bridgehead atoms. The van der Waals surface area contributed by atoms with Crippen LogP contribution in [-0.2, 0) is 16.1 Å². The van der Waals surface area contributed by atoms with Gasteiger partial charge in [-0.2, -0.15) is 15.3 Å².